The lowest BCUT2D eigenvalue weighted by atomic mass is 10.0. The van der Waals surface area contributed by atoms with Crippen LogP contribution < -0.4 is 0 Å². The Kier molecular flexibility index (Phi) is 2.99. The number of halogens is 8. The molecule has 0 aliphatic heterocycles. The molecule has 0 radical (unpaired) electrons. The predicted octanol–water partition coefficient (Wildman–Crippen LogP) is 5.31. The third-order valence-corrected chi connectivity index (χ3v) is 3.93. The zero-order valence-corrected chi connectivity index (χ0v) is 10.6. The second-order valence-electron chi connectivity index (χ2n) is 3.93. The van der Waals surface area contributed by atoms with E-state index in [0.717, 1.165) is 6.07 Å². The van der Waals surface area contributed by atoms with Crippen LogP contribution in [0, 0.1) is 6.92 Å². The van der Waals surface area contributed by atoms with Gasteiger partial charge in [0.15, 0.2) is 5.83 Å². The fourth-order valence-corrected chi connectivity index (χ4v) is 2.96. The highest BCUT2D eigenvalue weighted by Gasteiger charge is 2.81. The Morgan fingerprint density at radius 3 is 1.89 bits per heavy atom. The van der Waals surface area contributed by atoms with Crippen molar-refractivity contribution in [3.05, 3.63) is 26.7 Å². The highest BCUT2D eigenvalue weighted by atomic mass is 35.5. The third kappa shape index (κ3) is 1.65. The highest BCUT2D eigenvalue weighted by Crippen LogP contribution is 2.63. The van der Waals surface area contributed by atoms with Gasteiger partial charge in [-0.15, -0.1) is 11.3 Å². The summed E-state index contributed by atoms with van der Waals surface area (Å²) in [4.78, 5) is -0.0525. The molecule has 1 aliphatic carbocycles. The largest absolute Gasteiger partial charge is 0.383 e. The van der Waals surface area contributed by atoms with Gasteiger partial charge in [-0.25, -0.2) is 4.39 Å². The predicted molar refractivity (Wildman–Crippen MR) is 56.9 cm³/mol. The summed E-state index contributed by atoms with van der Waals surface area (Å²) in [5.74, 6) is -19.5. The van der Waals surface area contributed by atoms with Crippen molar-refractivity contribution in [2.75, 3.05) is 0 Å². The molecule has 0 bridgehead atoms. The Hall–Kier alpha value is -0.760. The molecular formula is C10H4ClF7S. The molecule has 106 valence electrons. The van der Waals surface area contributed by atoms with Crippen LogP contribution in [-0.4, -0.2) is 17.8 Å². The van der Waals surface area contributed by atoms with Crippen molar-refractivity contribution in [2.45, 2.75) is 24.7 Å². The van der Waals surface area contributed by atoms with Gasteiger partial charge in [0.25, 0.3) is 0 Å². The van der Waals surface area contributed by atoms with Gasteiger partial charge < -0.3 is 0 Å². The molecule has 1 aromatic rings. The van der Waals surface area contributed by atoms with Crippen LogP contribution in [0.4, 0.5) is 30.7 Å². The van der Waals surface area contributed by atoms with E-state index in [9.17, 15) is 30.7 Å². The zero-order valence-electron chi connectivity index (χ0n) is 9.01. The summed E-state index contributed by atoms with van der Waals surface area (Å²) < 4.78 is 92.2. The van der Waals surface area contributed by atoms with E-state index in [1.165, 1.54) is 6.92 Å². The van der Waals surface area contributed by atoms with Crippen molar-refractivity contribution in [3.63, 3.8) is 0 Å². The van der Waals surface area contributed by atoms with Gasteiger partial charge in [-0.05, 0) is 13.0 Å². The van der Waals surface area contributed by atoms with Gasteiger partial charge in [-0.2, -0.15) is 26.3 Å². The van der Waals surface area contributed by atoms with E-state index in [4.69, 9.17) is 11.6 Å². The van der Waals surface area contributed by atoms with E-state index in [0.29, 0.717) is 11.3 Å². The lowest BCUT2D eigenvalue weighted by Crippen LogP contribution is -2.48. The van der Waals surface area contributed by atoms with Crippen LogP contribution in [0.1, 0.15) is 10.4 Å². The van der Waals surface area contributed by atoms with Gasteiger partial charge in [0.1, 0.15) is 0 Å². The molecule has 0 nitrogen and oxygen atoms in total. The molecule has 0 N–H and O–H groups in total. The minimum absolute atomic E-state index is 0.0525. The van der Waals surface area contributed by atoms with Gasteiger partial charge >= 0.3 is 17.8 Å². The van der Waals surface area contributed by atoms with Crippen LogP contribution in [0.25, 0.3) is 5.57 Å². The molecule has 0 fully saturated rings. The fraction of sp³-hybridized carbons (Fsp3) is 0.400. The van der Waals surface area contributed by atoms with Crippen molar-refractivity contribution in [1.82, 2.24) is 0 Å². The van der Waals surface area contributed by atoms with Gasteiger partial charge in [-0.3, -0.25) is 0 Å². The Balaban J connectivity index is 2.75. The number of rotatable bonds is 1. The highest BCUT2D eigenvalue weighted by molar-refractivity contribution is 7.16. The summed E-state index contributed by atoms with van der Waals surface area (Å²) in [6, 6.07) is 0.766. The number of thiophene rings is 1. The first-order valence-corrected chi connectivity index (χ1v) is 5.94. The quantitative estimate of drug-likeness (QED) is 0.614. The topological polar surface area (TPSA) is 0 Å². The average Bonchev–Trinajstić information content (AvgIpc) is 2.60. The van der Waals surface area contributed by atoms with E-state index >= 15 is 0 Å². The van der Waals surface area contributed by atoms with E-state index < -0.39 is 34.7 Å². The first-order chi connectivity index (χ1) is 8.44. The van der Waals surface area contributed by atoms with Crippen LogP contribution in [0.3, 0.4) is 0 Å². The Bertz CT molecular complexity index is 572. The molecule has 0 atom stereocenters. The average molecular weight is 325 g/mol. The summed E-state index contributed by atoms with van der Waals surface area (Å²) in [6.45, 7) is 1.19. The number of alkyl halides is 6. The van der Waals surface area contributed by atoms with Crippen molar-refractivity contribution in [1.29, 1.82) is 0 Å². The van der Waals surface area contributed by atoms with Gasteiger partial charge in [-0.1, -0.05) is 11.6 Å². The summed E-state index contributed by atoms with van der Waals surface area (Å²) >= 11 is 6.18. The minimum Gasteiger partial charge on any atom is -0.204 e. The normalized spacial score (nSPS) is 24.1. The lowest BCUT2D eigenvalue weighted by Gasteiger charge is -2.24. The standard InChI is InChI=1S/C10H4ClF7S/c1-3-4(2-5(11)19-3)6-7(12)9(15,16)10(17,18)8(6,13)14/h2H,1H3. The number of aryl methyl sites for hydroxylation is 1. The molecule has 0 spiro atoms. The van der Waals surface area contributed by atoms with Crippen LogP contribution >= 0.6 is 22.9 Å². The molecule has 0 aromatic carbocycles. The smallest absolute Gasteiger partial charge is 0.204 e. The maximum Gasteiger partial charge on any atom is 0.383 e. The monoisotopic (exact) mass is 324 g/mol. The lowest BCUT2D eigenvalue weighted by molar-refractivity contribution is -0.263. The van der Waals surface area contributed by atoms with E-state index in [1.807, 2.05) is 0 Å². The molecule has 0 saturated carbocycles. The first kappa shape index (κ1) is 14.6. The maximum atomic E-state index is 13.4. The zero-order chi connectivity index (χ0) is 14.8. The van der Waals surface area contributed by atoms with Gasteiger partial charge in [0.05, 0.1) is 9.91 Å². The summed E-state index contributed by atoms with van der Waals surface area (Å²) in [7, 11) is 0. The SMILES string of the molecule is Cc1sc(Cl)cc1C1=C(F)C(F)(F)C(F)(F)C1(F)F. The Morgan fingerprint density at radius 1 is 1.05 bits per heavy atom. The van der Waals surface area contributed by atoms with Crippen LogP contribution in [0.2, 0.25) is 4.34 Å². The summed E-state index contributed by atoms with van der Waals surface area (Å²) in [6.07, 6.45) is 0. The molecule has 19 heavy (non-hydrogen) atoms. The van der Waals surface area contributed by atoms with Crippen LogP contribution in [0.15, 0.2) is 11.9 Å². The number of allylic oxidation sites excluding steroid dienone is 2. The molecule has 0 amide bonds. The summed E-state index contributed by atoms with van der Waals surface area (Å²) in [5.41, 5.74) is -2.72. The third-order valence-electron chi connectivity index (χ3n) is 2.75. The maximum absolute atomic E-state index is 13.4. The Morgan fingerprint density at radius 2 is 1.58 bits per heavy atom. The van der Waals surface area contributed by atoms with Gasteiger partial charge in [0.2, 0.25) is 0 Å². The van der Waals surface area contributed by atoms with Crippen LogP contribution in [0.5, 0.6) is 0 Å². The van der Waals surface area contributed by atoms with E-state index in [2.05, 4.69) is 0 Å². The van der Waals surface area contributed by atoms with E-state index in [-0.39, 0.29) is 9.21 Å². The fourth-order valence-electron chi connectivity index (χ4n) is 1.77. The van der Waals surface area contributed by atoms with E-state index in [1.54, 1.807) is 0 Å². The first-order valence-electron chi connectivity index (χ1n) is 4.75. The molecule has 1 heterocycles. The number of hydrogen-bond acceptors (Lipinski definition) is 1. The van der Waals surface area contributed by atoms with Crippen molar-refractivity contribution in [3.8, 4) is 0 Å². The molecule has 0 unspecified atom stereocenters. The second kappa shape index (κ2) is 3.88. The van der Waals surface area contributed by atoms with Crippen molar-refractivity contribution in [2.24, 2.45) is 0 Å². The number of hydrogen-bond donors (Lipinski definition) is 0. The molecule has 0 saturated heterocycles. The molecular weight excluding hydrogens is 321 g/mol. The van der Waals surface area contributed by atoms with Gasteiger partial charge in [0, 0.05) is 10.4 Å². The van der Waals surface area contributed by atoms with Crippen LogP contribution in [-0.2, 0) is 0 Å². The van der Waals surface area contributed by atoms with Crippen molar-refractivity contribution >= 4 is 28.5 Å². The molecule has 1 aliphatic rings. The molecule has 1 aromatic heterocycles. The molecule has 9 heteroatoms. The molecule has 2 rings (SSSR count). The Labute approximate surface area is 111 Å². The summed E-state index contributed by atoms with van der Waals surface area (Å²) in [5, 5.41) is 0. The minimum atomic E-state index is -5.82. The van der Waals surface area contributed by atoms with Crippen molar-refractivity contribution < 1.29 is 30.7 Å². The second-order valence-corrected chi connectivity index (χ2v) is 5.82.